The van der Waals surface area contributed by atoms with Gasteiger partial charge in [-0.15, -0.1) is 0 Å². The highest BCUT2D eigenvalue weighted by atomic mass is 19.1. The van der Waals surface area contributed by atoms with Crippen LogP contribution in [0.3, 0.4) is 0 Å². The molecule has 0 radical (unpaired) electrons. The van der Waals surface area contributed by atoms with Crippen molar-refractivity contribution < 1.29 is 27.5 Å². The number of alkyl halides is 1. The standard InChI is InChI=1S/C29H26F3N3O4/c1-17-7-10-21(12-30)34-15-24(17)35-14-22(28(37)33-13-19-8-9-20(31)11-23(19)32)26(36)27(25(35)29(34)38)39-16-18-5-3-2-4-6-18/h2-11,14,17,21,24H,12-13,15-16H2,1H3,(H,33,37). The fourth-order valence-corrected chi connectivity index (χ4v) is 4.92. The van der Waals surface area contributed by atoms with Crippen LogP contribution in [0.15, 0.2) is 71.7 Å². The van der Waals surface area contributed by atoms with Gasteiger partial charge in [-0.3, -0.25) is 14.4 Å². The minimum atomic E-state index is -0.837. The van der Waals surface area contributed by atoms with Gasteiger partial charge in [0.25, 0.3) is 11.8 Å². The number of allylic oxidation sites excluding steroid dienone is 1. The maximum atomic E-state index is 14.1. The lowest BCUT2D eigenvalue weighted by molar-refractivity contribution is 0.0571. The number of fused-ring (bicyclic) bond motifs is 4. The number of hydrogen-bond donors (Lipinski definition) is 1. The van der Waals surface area contributed by atoms with E-state index in [1.165, 1.54) is 17.2 Å². The molecule has 202 valence electrons. The number of hydrogen-bond acceptors (Lipinski definition) is 4. The summed E-state index contributed by atoms with van der Waals surface area (Å²) in [7, 11) is 0. The van der Waals surface area contributed by atoms with Crippen LogP contribution in [0, 0.1) is 17.6 Å². The molecule has 0 spiro atoms. The minimum Gasteiger partial charge on any atom is -0.483 e. The van der Waals surface area contributed by atoms with Crippen LogP contribution >= 0.6 is 0 Å². The van der Waals surface area contributed by atoms with Gasteiger partial charge in [0.05, 0.1) is 12.1 Å². The van der Waals surface area contributed by atoms with Crippen molar-refractivity contribution in [3.8, 4) is 5.75 Å². The van der Waals surface area contributed by atoms with Crippen LogP contribution in [-0.4, -0.2) is 40.5 Å². The molecule has 0 saturated heterocycles. The monoisotopic (exact) mass is 537 g/mol. The number of nitrogens with zero attached hydrogens (tertiary/aromatic N) is 2. The Kier molecular flexibility index (Phi) is 7.28. The lowest BCUT2D eigenvalue weighted by Crippen LogP contribution is -2.50. The predicted molar refractivity (Wildman–Crippen MR) is 137 cm³/mol. The van der Waals surface area contributed by atoms with E-state index in [0.29, 0.717) is 6.07 Å². The summed E-state index contributed by atoms with van der Waals surface area (Å²) in [6.45, 7) is 0.955. The molecule has 2 aromatic carbocycles. The molecule has 3 heterocycles. The van der Waals surface area contributed by atoms with E-state index < -0.39 is 47.6 Å². The van der Waals surface area contributed by atoms with Crippen molar-refractivity contribution in [2.24, 2.45) is 5.92 Å². The van der Waals surface area contributed by atoms with Crippen molar-refractivity contribution >= 4 is 11.8 Å². The molecule has 3 unspecified atom stereocenters. The second-order valence-electron chi connectivity index (χ2n) is 9.64. The van der Waals surface area contributed by atoms with Gasteiger partial charge in [-0.25, -0.2) is 13.2 Å². The largest absolute Gasteiger partial charge is 0.483 e. The van der Waals surface area contributed by atoms with E-state index in [4.69, 9.17) is 4.74 Å². The average molecular weight is 538 g/mol. The van der Waals surface area contributed by atoms with Gasteiger partial charge >= 0.3 is 0 Å². The molecule has 3 atom stereocenters. The van der Waals surface area contributed by atoms with E-state index in [2.05, 4.69) is 5.32 Å². The maximum absolute atomic E-state index is 14.1. The van der Waals surface area contributed by atoms with Crippen LogP contribution in [0.4, 0.5) is 13.2 Å². The molecule has 39 heavy (non-hydrogen) atoms. The normalized spacial score (nSPS) is 19.8. The van der Waals surface area contributed by atoms with Gasteiger partial charge in [0.1, 0.15) is 30.5 Å². The molecule has 2 aliphatic rings. The molecule has 2 aliphatic heterocycles. The summed E-state index contributed by atoms with van der Waals surface area (Å²) in [5.74, 6) is -3.45. The quantitative estimate of drug-likeness (QED) is 0.459. The predicted octanol–water partition coefficient (Wildman–Crippen LogP) is 4.18. The molecular weight excluding hydrogens is 511 g/mol. The molecule has 3 aromatic rings. The van der Waals surface area contributed by atoms with Crippen molar-refractivity contribution in [2.75, 3.05) is 13.2 Å². The summed E-state index contributed by atoms with van der Waals surface area (Å²) >= 11 is 0. The van der Waals surface area contributed by atoms with Gasteiger partial charge in [0.15, 0.2) is 11.4 Å². The Morgan fingerprint density at radius 1 is 1.10 bits per heavy atom. The Hall–Kier alpha value is -4.34. The number of benzene rings is 2. The summed E-state index contributed by atoms with van der Waals surface area (Å²) in [6.07, 6.45) is 4.77. The number of amides is 2. The average Bonchev–Trinajstić information content (AvgIpc) is 3.08. The molecule has 0 saturated carbocycles. The highest BCUT2D eigenvalue weighted by Crippen LogP contribution is 2.35. The van der Waals surface area contributed by atoms with Gasteiger partial charge in [0, 0.05) is 30.9 Å². The summed E-state index contributed by atoms with van der Waals surface area (Å²) in [5, 5.41) is 2.50. The lowest BCUT2D eigenvalue weighted by Gasteiger charge is -2.39. The van der Waals surface area contributed by atoms with E-state index in [1.54, 1.807) is 34.9 Å². The topological polar surface area (TPSA) is 80.6 Å². The molecule has 2 bridgehead atoms. The number of pyridine rings is 1. The Morgan fingerprint density at radius 3 is 2.59 bits per heavy atom. The van der Waals surface area contributed by atoms with Crippen molar-refractivity contribution in [3.05, 3.63) is 111 Å². The number of aromatic nitrogens is 1. The number of nitrogens with one attached hydrogen (secondary N) is 1. The Bertz CT molecular complexity index is 1510. The first kappa shape index (κ1) is 26.3. The van der Waals surface area contributed by atoms with Gasteiger partial charge in [-0.2, -0.15) is 0 Å². The summed E-state index contributed by atoms with van der Waals surface area (Å²) in [4.78, 5) is 41.8. The van der Waals surface area contributed by atoms with Gasteiger partial charge < -0.3 is 19.5 Å². The fraction of sp³-hybridized carbons (Fsp3) is 0.276. The van der Waals surface area contributed by atoms with Gasteiger partial charge in [0.2, 0.25) is 5.43 Å². The zero-order valence-electron chi connectivity index (χ0n) is 21.1. The zero-order valence-corrected chi connectivity index (χ0v) is 21.1. The second-order valence-corrected chi connectivity index (χ2v) is 9.64. The van der Waals surface area contributed by atoms with Gasteiger partial charge in [-0.1, -0.05) is 55.5 Å². The first-order chi connectivity index (χ1) is 18.8. The van der Waals surface area contributed by atoms with Crippen molar-refractivity contribution in [2.45, 2.75) is 32.2 Å². The first-order valence-electron chi connectivity index (χ1n) is 12.5. The number of rotatable bonds is 7. The summed E-state index contributed by atoms with van der Waals surface area (Å²) in [5.41, 5.74) is -0.404. The molecule has 5 rings (SSSR count). The second kappa shape index (κ2) is 10.8. The maximum Gasteiger partial charge on any atom is 0.275 e. The highest BCUT2D eigenvalue weighted by Gasteiger charge is 2.41. The first-order valence-corrected chi connectivity index (χ1v) is 12.5. The van der Waals surface area contributed by atoms with Crippen LogP contribution in [-0.2, 0) is 13.2 Å². The summed E-state index contributed by atoms with van der Waals surface area (Å²) < 4.78 is 48.7. The van der Waals surface area contributed by atoms with Gasteiger partial charge in [-0.05, 0) is 17.5 Å². The summed E-state index contributed by atoms with van der Waals surface area (Å²) in [6, 6.07) is 10.8. The van der Waals surface area contributed by atoms with Crippen molar-refractivity contribution in [1.29, 1.82) is 0 Å². The Morgan fingerprint density at radius 2 is 1.87 bits per heavy atom. The molecule has 7 nitrogen and oxygen atoms in total. The molecule has 1 N–H and O–H groups in total. The Labute approximate surface area is 222 Å². The molecule has 2 amide bonds. The smallest absolute Gasteiger partial charge is 0.275 e. The van der Waals surface area contributed by atoms with E-state index >= 15 is 0 Å². The van der Waals surface area contributed by atoms with Crippen molar-refractivity contribution in [3.63, 3.8) is 0 Å². The van der Waals surface area contributed by atoms with Crippen LogP contribution in [0.5, 0.6) is 5.75 Å². The third-order valence-corrected chi connectivity index (χ3v) is 7.12. The van der Waals surface area contributed by atoms with Crippen LogP contribution in [0.25, 0.3) is 0 Å². The lowest BCUT2D eigenvalue weighted by atomic mass is 9.98. The highest BCUT2D eigenvalue weighted by molar-refractivity contribution is 5.99. The van der Waals surface area contributed by atoms with Crippen LogP contribution in [0.1, 0.15) is 44.9 Å². The third kappa shape index (κ3) is 5.06. The molecular formula is C29H26F3N3O4. The number of ether oxygens (including phenoxy) is 1. The SMILES string of the molecule is CC1C=CC(CF)N2CC1n1cc(C(=O)NCc3ccc(F)cc3F)c(=O)c(OCc3ccccc3)c1C2=O. The van der Waals surface area contributed by atoms with E-state index in [0.717, 1.165) is 11.6 Å². The minimum absolute atomic E-state index is 0.0361. The number of carbonyl (C=O) groups excluding carboxylic acids is 2. The van der Waals surface area contributed by atoms with E-state index in [9.17, 15) is 27.6 Å². The Balaban J connectivity index is 1.57. The zero-order chi connectivity index (χ0) is 27.7. The molecule has 0 fully saturated rings. The van der Waals surface area contributed by atoms with E-state index in [1.807, 2.05) is 19.1 Å². The molecule has 0 aliphatic carbocycles. The number of halogens is 3. The fourth-order valence-electron chi connectivity index (χ4n) is 4.92. The van der Waals surface area contributed by atoms with Crippen LogP contribution < -0.4 is 15.5 Å². The van der Waals surface area contributed by atoms with Crippen molar-refractivity contribution in [1.82, 2.24) is 14.8 Å². The molecule has 1 aromatic heterocycles. The third-order valence-electron chi connectivity index (χ3n) is 7.12. The number of carbonyl (C=O) groups is 2. The van der Waals surface area contributed by atoms with Crippen LogP contribution in [0.2, 0.25) is 0 Å². The van der Waals surface area contributed by atoms with E-state index in [-0.39, 0.29) is 48.2 Å². The molecule has 10 heteroatoms.